The minimum Gasteiger partial charge on any atom is -0.507 e. The van der Waals surface area contributed by atoms with E-state index in [9.17, 15) is 39.3 Å². The molecular formula is C46H57N9O10. The van der Waals surface area contributed by atoms with Crippen LogP contribution in [0.4, 0.5) is 5.82 Å². The molecule has 3 atom stereocenters. The summed E-state index contributed by atoms with van der Waals surface area (Å²) in [4.78, 5) is 77.9. The fourth-order valence-corrected chi connectivity index (χ4v) is 8.10. The number of phenolic OH excluding ortho intramolecular Hbond substituents is 2. The van der Waals surface area contributed by atoms with Crippen LogP contribution in [0.1, 0.15) is 84.4 Å². The number of hydrogen-bond acceptors (Lipinski definition) is 14. The van der Waals surface area contributed by atoms with Gasteiger partial charge < -0.3 is 62.8 Å². The third kappa shape index (κ3) is 10.2. The summed E-state index contributed by atoms with van der Waals surface area (Å²) in [7, 11) is 1.32. The predicted molar refractivity (Wildman–Crippen MR) is 240 cm³/mol. The van der Waals surface area contributed by atoms with E-state index in [4.69, 9.17) is 26.7 Å². The topological polar surface area (TPSA) is 308 Å². The Bertz CT molecular complexity index is 2490. The average molecular weight is 896 g/mol. The smallest absolute Gasteiger partial charge is 0.326 e. The molecule has 1 aliphatic heterocycles. The number of carboxylic acids is 1. The second-order valence-corrected chi connectivity index (χ2v) is 16.9. The number of aliphatic carboxylic acids is 1. The predicted octanol–water partition coefficient (Wildman–Crippen LogP) is 2.35. The van der Waals surface area contributed by atoms with Crippen molar-refractivity contribution >= 4 is 35.4 Å². The molecule has 1 aromatic heterocycles. The van der Waals surface area contributed by atoms with Gasteiger partial charge in [0.05, 0.1) is 31.0 Å². The van der Waals surface area contributed by atoms with E-state index in [2.05, 4.69) is 39.8 Å². The number of amides is 4. The maximum atomic E-state index is 14.4. The average Bonchev–Trinajstić information content (AvgIpc) is 3.57. The molecule has 3 aromatic carbocycles. The number of nitrogen functional groups attached to an aromatic ring is 1. The number of ether oxygens (including phenoxy) is 2. The Morgan fingerprint density at radius 2 is 1.60 bits per heavy atom. The number of anilines is 1. The minimum atomic E-state index is -1.53. The van der Waals surface area contributed by atoms with E-state index in [-0.39, 0.29) is 88.6 Å². The Morgan fingerprint density at radius 3 is 2.26 bits per heavy atom. The number of fused-ring (bicyclic) bond motifs is 6. The van der Waals surface area contributed by atoms with E-state index >= 15 is 0 Å². The Kier molecular flexibility index (Phi) is 14.5. The number of benzene rings is 3. The summed E-state index contributed by atoms with van der Waals surface area (Å²) in [6, 6.07) is 7.13. The van der Waals surface area contributed by atoms with Crippen LogP contribution in [0.25, 0.3) is 22.5 Å². The third-order valence-corrected chi connectivity index (χ3v) is 11.8. The summed E-state index contributed by atoms with van der Waals surface area (Å²) < 4.78 is 12.1. The molecule has 4 amide bonds. The van der Waals surface area contributed by atoms with Crippen molar-refractivity contribution in [1.29, 1.82) is 0 Å². The Morgan fingerprint density at radius 1 is 0.908 bits per heavy atom. The van der Waals surface area contributed by atoms with Gasteiger partial charge in [0, 0.05) is 24.6 Å². The third-order valence-electron chi connectivity index (χ3n) is 11.8. The summed E-state index contributed by atoms with van der Waals surface area (Å²) >= 11 is 0. The van der Waals surface area contributed by atoms with Crippen molar-refractivity contribution in [2.45, 2.75) is 83.3 Å². The largest absolute Gasteiger partial charge is 0.507 e. The highest BCUT2D eigenvalue weighted by Crippen LogP contribution is 2.46. The lowest BCUT2D eigenvalue weighted by Gasteiger charge is -2.30. The molecule has 19 nitrogen and oxygen atoms in total. The molecule has 19 heteroatoms. The molecule has 12 N–H and O–H groups in total. The zero-order chi connectivity index (χ0) is 47.3. The molecule has 2 aliphatic rings. The van der Waals surface area contributed by atoms with Crippen molar-refractivity contribution in [2.75, 3.05) is 45.6 Å². The van der Waals surface area contributed by atoms with E-state index in [1.165, 1.54) is 26.1 Å². The highest BCUT2D eigenvalue weighted by atomic mass is 16.5. The van der Waals surface area contributed by atoms with Gasteiger partial charge in [-0.3, -0.25) is 19.2 Å². The van der Waals surface area contributed by atoms with Crippen molar-refractivity contribution in [2.24, 2.45) is 11.5 Å². The van der Waals surface area contributed by atoms with Gasteiger partial charge in [-0.2, -0.15) is 0 Å². The molecular weight excluding hydrogens is 839 g/mol. The molecule has 4 bridgehead atoms. The maximum absolute atomic E-state index is 14.4. The number of nitrogens with one attached hydrogen (secondary N) is 3. The summed E-state index contributed by atoms with van der Waals surface area (Å²) in [6.45, 7) is 7.35. The quantitative estimate of drug-likeness (QED) is 0.0821. The van der Waals surface area contributed by atoms with Crippen LogP contribution in [0, 0.1) is 6.92 Å². The SMILES string of the molecule is Cc1nc(-c2ccc3c(c2O)CCC3(C)C)nc(N)c1C(=O)NCC(=O)N(C)[C@@H]1C(=O)N[C@@H](C)C(=O)N[C@H](C(=O)O)Cc2ccc(OCCCN)c(c2)-c2cc1cc(OCCCN)c2O. The second-order valence-electron chi connectivity index (χ2n) is 16.9. The summed E-state index contributed by atoms with van der Waals surface area (Å²) in [5.41, 5.74) is 21.0. The molecule has 0 unspecified atom stereocenters. The van der Waals surface area contributed by atoms with Gasteiger partial charge >= 0.3 is 5.97 Å². The van der Waals surface area contributed by atoms with Crippen molar-refractivity contribution in [3.8, 4) is 45.5 Å². The number of carbonyl (C=O) groups excluding carboxylic acids is 4. The number of aryl methyl sites for hydroxylation is 1. The zero-order valence-corrected chi connectivity index (χ0v) is 37.1. The normalized spacial score (nSPS) is 17.8. The van der Waals surface area contributed by atoms with Crippen LogP contribution in [0.5, 0.6) is 23.0 Å². The van der Waals surface area contributed by atoms with Crippen LogP contribution in [-0.2, 0) is 37.4 Å². The first-order valence-corrected chi connectivity index (χ1v) is 21.4. The lowest BCUT2D eigenvalue weighted by molar-refractivity contribution is -0.142. The van der Waals surface area contributed by atoms with Crippen LogP contribution in [0.3, 0.4) is 0 Å². The van der Waals surface area contributed by atoms with Crippen molar-refractivity contribution in [3.63, 3.8) is 0 Å². The first-order valence-electron chi connectivity index (χ1n) is 21.4. The van der Waals surface area contributed by atoms with E-state index in [1.807, 2.05) is 6.07 Å². The summed E-state index contributed by atoms with van der Waals surface area (Å²) in [5, 5.41) is 40.7. The molecule has 0 fully saturated rings. The van der Waals surface area contributed by atoms with Crippen LogP contribution in [-0.4, -0.2) is 112 Å². The van der Waals surface area contributed by atoms with Crippen molar-refractivity contribution in [1.82, 2.24) is 30.8 Å². The first-order chi connectivity index (χ1) is 30.9. The fourth-order valence-electron chi connectivity index (χ4n) is 8.10. The molecule has 0 radical (unpaired) electrons. The van der Waals surface area contributed by atoms with Crippen molar-refractivity contribution in [3.05, 3.63) is 76.0 Å². The molecule has 0 spiro atoms. The van der Waals surface area contributed by atoms with Crippen LogP contribution < -0.4 is 42.6 Å². The molecule has 6 rings (SSSR count). The Hall–Kier alpha value is -6.99. The minimum absolute atomic E-state index is 0.0544. The van der Waals surface area contributed by atoms with E-state index in [0.717, 1.165) is 22.4 Å². The van der Waals surface area contributed by atoms with Crippen LogP contribution >= 0.6 is 0 Å². The fraction of sp³-hybridized carbons (Fsp3) is 0.413. The van der Waals surface area contributed by atoms with Gasteiger partial charge in [0.1, 0.15) is 41.0 Å². The molecule has 65 heavy (non-hydrogen) atoms. The molecule has 0 saturated carbocycles. The van der Waals surface area contributed by atoms with E-state index in [0.29, 0.717) is 42.5 Å². The van der Waals surface area contributed by atoms with Gasteiger partial charge in [-0.05, 0) is 111 Å². The van der Waals surface area contributed by atoms with Crippen LogP contribution in [0.2, 0.25) is 0 Å². The lowest BCUT2D eigenvalue weighted by Crippen LogP contribution is -2.53. The maximum Gasteiger partial charge on any atom is 0.326 e. The monoisotopic (exact) mass is 895 g/mol. The first kappa shape index (κ1) is 47.5. The highest BCUT2D eigenvalue weighted by molar-refractivity contribution is 6.02. The number of phenols is 2. The lowest BCUT2D eigenvalue weighted by atomic mass is 9.86. The number of aromatic nitrogens is 2. The standard InChI is InChI=1S/C46H57N9O10/c1-23-36(40(49)54-41(51-23)28-9-10-31-27(38(28)57)12-13-46(31,3)4)43(60)50-22-35(56)55(5)37-26-20-30(39(58)34(21-26)65-17-7-15-48)29-18-25(8-11-33(29)64-16-6-14-47)19-32(45(62)63)53-42(59)24(2)52-44(37)61/h8-11,18,20-21,24,32,37,57-58H,6-7,12-17,19,22,47-48H2,1-5H3,(H,50,60)(H,52,61)(H,53,59)(H,62,63)(H2,49,51,54)/t24-,32-,37-/m0/s1. The zero-order valence-electron chi connectivity index (χ0n) is 37.1. The van der Waals surface area contributed by atoms with Gasteiger partial charge in [0.25, 0.3) is 5.91 Å². The number of nitrogens with zero attached hydrogens (tertiary/aromatic N) is 3. The molecule has 2 heterocycles. The number of carboxylic acid groups (broad SMARTS) is 1. The van der Waals surface area contributed by atoms with Gasteiger partial charge in [-0.25, -0.2) is 14.8 Å². The molecule has 4 aromatic rings. The number of nitrogens with two attached hydrogens (primary N) is 3. The van der Waals surface area contributed by atoms with Gasteiger partial charge in [0.15, 0.2) is 17.3 Å². The number of hydrogen-bond donors (Lipinski definition) is 9. The number of likely N-dealkylation sites (N-methyl/N-ethyl adjacent to an activating group) is 1. The number of carbonyl (C=O) groups is 5. The molecule has 346 valence electrons. The number of aromatic hydroxyl groups is 2. The number of rotatable bonds is 14. The molecule has 0 saturated heterocycles. The Balaban J connectivity index is 1.36. The Labute approximate surface area is 376 Å². The summed E-state index contributed by atoms with van der Waals surface area (Å²) in [5.74, 6) is -4.69. The molecule has 1 aliphatic carbocycles. The van der Waals surface area contributed by atoms with E-state index < -0.39 is 54.3 Å². The van der Waals surface area contributed by atoms with E-state index in [1.54, 1.807) is 31.2 Å². The van der Waals surface area contributed by atoms with Crippen LogP contribution in [0.15, 0.2) is 42.5 Å². The van der Waals surface area contributed by atoms with Gasteiger partial charge in [0.2, 0.25) is 17.7 Å². The highest BCUT2D eigenvalue weighted by Gasteiger charge is 2.36. The van der Waals surface area contributed by atoms with Gasteiger partial charge in [-0.15, -0.1) is 0 Å². The summed E-state index contributed by atoms with van der Waals surface area (Å²) in [6.07, 6.45) is 2.27. The van der Waals surface area contributed by atoms with Crippen molar-refractivity contribution < 1.29 is 48.8 Å². The van der Waals surface area contributed by atoms with Gasteiger partial charge in [-0.1, -0.05) is 26.0 Å². The second kappa shape index (κ2) is 19.8.